The number of carbonyl (C=O) groups excluding carboxylic acids is 1. The molecule has 3 atom stereocenters. The zero-order valence-electron chi connectivity index (χ0n) is 14.0. The first kappa shape index (κ1) is 16.8. The molecule has 0 saturated carbocycles. The molecule has 21 heavy (non-hydrogen) atoms. The minimum Gasteiger partial charge on any atom is -0.353 e. The van der Waals surface area contributed by atoms with E-state index in [1.165, 1.54) is 25.7 Å². The van der Waals surface area contributed by atoms with Crippen LogP contribution in [0.25, 0.3) is 0 Å². The second kappa shape index (κ2) is 8.14. The van der Waals surface area contributed by atoms with E-state index in [2.05, 4.69) is 36.3 Å². The monoisotopic (exact) mass is 295 g/mol. The number of likely N-dealkylation sites (tertiary alicyclic amines) is 1. The first-order valence-corrected chi connectivity index (χ1v) is 8.80. The SMILES string of the molecule is CC(C)CCCC(C)NC(=O)CN1CCCC2CNCC21. The topological polar surface area (TPSA) is 44.4 Å². The van der Waals surface area contributed by atoms with Crippen molar-refractivity contribution in [3.05, 3.63) is 0 Å². The predicted octanol–water partition coefficient (Wildman–Crippen LogP) is 2.00. The maximum atomic E-state index is 12.2. The standard InChI is InChI=1S/C17H33N3O/c1-13(2)6-4-7-14(3)19-17(21)12-20-9-5-8-15-10-18-11-16(15)20/h13-16,18H,4-12H2,1-3H3,(H,19,21). The van der Waals surface area contributed by atoms with E-state index in [4.69, 9.17) is 0 Å². The van der Waals surface area contributed by atoms with E-state index < -0.39 is 0 Å². The largest absolute Gasteiger partial charge is 0.353 e. The quantitative estimate of drug-likeness (QED) is 0.755. The Labute approximate surface area is 130 Å². The van der Waals surface area contributed by atoms with Crippen molar-refractivity contribution in [3.8, 4) is 0 Å². The summed E-state index contributed by atoms with van der Waals surface area (Å²) < 4.78 is 0. The van der Waals surface area contributed by atoms with Crippen molar-refractivity contribution < 1.29 is 4.79 Å². The van der Waals surface area contributed by atoms with Crippen LogP contribution in [0.4, 0.5) is 0 Å². The average molecular weight is 295 g/mol. The smallest absolute Gasteiger partial charge is 0.234 e. The lowest BCUT2D eigenvalue weighted by Crippen LogP contribution is -2.50. The van der Waals surface area contributed by atoms with Crippen LogP contribution in [0, 0.1) is 11.8 Å². The zero-order chi connectivity index (χ0) is 15.2. The number of amides is 1. The van der Waals surface area contributed by atoms with Gasteiger partial charge in [0.1, 0.15) is 0 Å². The molecule has 0 radical (unpaired) electrons. The molecule has 2 fully saturated rings. The Bertz CT molecular complexity index is 332. The van der Waals surface area contributed by atoms with Gasteiger partial charge in [-0.25, -0.2) is 0 Å². The number of hydrogen-bond acceptors (Lipinski definition) is 3. The lowest BCUT2D eigenvalue weighted by molar-refractivity contribution is -0.123. The van der Waals surface area contributed by atoms with Gasteiger partial charge in [-0.1, -0.05) is 26.7 Å². The Morgan fingerprint density at radius 1 is 1.29 bits per heavy atom. The molecule has 4 nitrogen and oxygen atoms in total. The first-order chi connectivity index (χ1) is 10.1. The Kier molecular flexibility index (Phi) is 6.49. The van der Waals surface area contributed by atoms with Gasteiger partial charge in [-0.2, -0.15) is 0 Å². The summed E-state index contributed by atoms with van der Waals surface area (Å²) in [5, 5.41) is 6.65. The van der Waals surface area contributed by atoms with Gasteiger partial charge >= 0.3 is 0 Å². The lowest BCUT2D eigenvalue weighted by Gasteiger charge is -2.36. The van der Waals surface area contributed by atoms with E-state index in [0.29, 0.717) is 18.6 Å². The molecule has 2 saturated heterocycles. The number of nitrogens with one attached hydrogen (secondary N) is 2. The van der Waals surface area contributed by atoms with Crippen LogP contribution in [0.15, 0.2) is 0 Å². The second-order valence-electron chi connectivity index (χ2n) is 7.39. The van der Waals surface area contributed by atoms with Gasteiger partial charge in [0.05, 0.1) is 6.54 Å². The fraction of sp³-hybridized carbons (Fsp3) is 0.941. The maximum absolute atomic E-state index is 12.2. The number of piperidine rings is 1. The summed E-state index contributed by atoms with van der Waals surface area (Å²) in [7, 11) is 0. The molecule has 0 aliphatic carbocycles. The molecule has 0 bridgehead atoms. The highest BCUT2D eigenvalue weighted by Gasteiger charge is 2.35. The molecule has 2 rings (SSSR count). The molecule has 122 valence electrons. The second-order valence-corrected chi connectivity index (χ2v) is 7.39. The van der Waals surface area contributed by atoms with E-state index in [1.54, 1.807) is 0 Å². The fourth-order valence-electron chi connectivity index (χ4n) is 3.77. The molecule has 2 aliphatic rings. The number of rotatable bonds is 7. The van der Waals surface area contributed by atoms with Crippen LogP contribution >= 0.6 is 0 Å². The van der Waals surface area contributed by atoms with E-state index in [0.717, 1.165) is 37.9 Å². The predicted molar refractivity (Wildman–Crippen MR) is 87.2 cm³/mol. The molecular weight excluding hydrogens is 262 g/mol. The van der Waals surface area contributed by atoms with Crippen LogP contribution in [0.1, 0.15) is 52.9 Å². The highest BCUT2D eigenvalue weighted by Crippen LogP contribution is 2.25. The normalized spacial score (nSPS) is 27.6. The van der Waals surface area contributed by atoms with Crippen LogP contribution in [0.3, 0.4) is 0 Å². The zero-order valence-corrected chi connectivity index (χ0v) is 14.0. The van der Waals surface area contributed by atoms with Crippen molar-refractivity contribution in [2.45, 2.75) is 65.0 Å². The van der Waals surface area contributed by atoms with Crippen LogP contribution in [0.2, 0.25) is 0 Å². The molecule has 4 heteroatoms. The van der Waals surface area contributed by atoms with Gasteiger partial charge in [0, 0.05) is 18.6 Å². The molecule has 1 amide bonds. The molecule has 0 aromatic carbocycles. The third kappa shape index (κ3) is 5.26. The minimum absolute atomic E-state index is 0.208. The summed E-state index contributed by atoms with van der Waals surface area (Å²) in [5.41, 5.74) is 0. The van der Waals surface area contributed by atoms with Crippen molar-refractivity contribution in [1.82, 2.24) is 15.5 Å². The number of fused-ring (bicyclic) bond motifs is 1. The Hall–Kier alpha value is -0.610. The third-order valence-electron chi connectivity index (χ3n) is 4.97. The highest BCUT2D eigenvalue weighted by atomic mass is 16.2. The van der Waals surface area contributed by atoms with Crippen LogP contribution in [-0.2, 0) is 4.79 Å². The molecule has 0 aromatic heterocycles. The van der Waals surface area contributed by atoms with Gasteiger partial charge in [-0.05, 0) is 51.1 Å². The van der Waals surface area contributed by atoms with Crippen LogP contribution in [0.5, 0.6) is 0 Å². The number of hydrogen-bond donors (Lipinski definition) is 2. The summed E-state index contributed by atoms with van der Waals surface area (Å²) in [6.07, 6.45) is 6.11. The molecule has 2 aliphatic heterocycles. The number of carbonyl (C=O) groups is 1. The van der Waals surface area contributed by atoms with Crippen molar-refractivity contribution in [2.75, 3.05) is 26.2 Å². The Morgan fingerprint density at radius 2 is 2.10 bits per heavy atom. The van der Waals surface area contributed by atoms with Crippen LogP contribution < -0.4 is 10.6 Å². The molecular formula is C17H33N3O. The maximum Gasteiger partial charge on any atom is 0.234 e. The highest BCUT2D eigenvalue weighted by molar-refractivity contribution is 5.78. The van der Waals surface area contributed by atoms with Crippen molar-refractivity contribution in [1.29, 1.82) is 0 Å². The molecule has 2 heterocycles. The van der Waals surface area contributed by atoms with E-state index in [1.807, 2.05) is 0 Å². The van der Waals surface area contributed by atoms with Crippen molar-refractivity contribution in [2.24, 2.45) is 11.8 Å². The molecule has 3 unspecified atom stereocenters. The van der Waals surface area contributed by atoms with Gasteiger partial charge in [0.25, 0.3) is 0 Å². The first-order valence-electron chi connectivity index (χ1n) is 8.80. The Balaban J connectivity index is 1.68. The summed E-state index contributed by atoms with van der Waals surface area (Å²) in [6, 6.07) is 0.888. The Morgan fingerprint density at radius 3 is 2.86 bits per heavy atom. The van der Waals surface area contributed by atoms with Gasteiger partial charge in [-0.3, -0.25) is 9.69 Å². The third-order valence-corrected chi connectivity index (χ3v) is 4.97. The summed E-state index contributed by atoms with van der Waals surface area (Å²) in [4.78, 5) is 14.6. The molecule has 0 aromatic rings. The van der Waals surface area contributed by atoms with E-state index in [-0.39, 0.29) is 5.91 Å². The summed E-state index contributed by atoms with van der Waals surface area (Å²) >= 11 is 0. The van der Waals surface area contributed by atoms with E-state index in [9.17, 15) is 4.79 Å². The lowest BCUT2D eigenvalue weighted by atomic mass is 9.92. The fourth-order valence-corrected chi connectivity index (χ4v) is 3.77. The molecule has 0 spiro atoms. The molecule has 2 N–H and O–H groups in total. The van der Waals surface area contributed by atoms with Gasteiger partial charge in [0.15, 0.2) is 0 Å². The number of nitrogens with zero attached hydrogens (tertiary/aromatic N) is 1. The van der Waals surface area contributed by atoms with E-state index >= 15 is 0 Å². The average Bonchev–Trinajstić information content (AvgIpc) is 2.87. The van der Waals surface area contributed by atoms with Gasteiger partial charge < -0.3 is 10.6 Å². The van der Waals surface area contributed by atoms with Gasteiger partial charge in [0.2, 0.25) is 5.91 Å². The van der Waals surface area contributed by atoms with Gasteiger partial charge in [-0.15, -0.1) is 0 Å². The van der Waals surface area contributed by atoms with Crippen LogP contribution in [-0.4, -0.2) is 49.1 Å². The van der Waals surface area contributed by atoms with Crippen molar-refractivity contribution >= 4 is 5.91 Å². The van der Waals surface area contributed by atoms with Crippen molar-refractivity contribution in [3.63, 3.8) is 0 Å². The summed E-state index contributed by atoms with van der Waals surface area (Å²) in [6.45, 7) is 10.5. The summed E-state index contributed by atoms with van der Waals surface area (Å²) in [5.74, 6) is 1.72. The minimum atomic E-state index is 0.208.